The molecule has 0 fully saturated rings. The molecular formula is C16H32O6S. The molecule has 138 valence electrons. The summed E-state index contributed by atoms with van der Waals surface area (Å²) in [5.74, 6) is -0.365. The van der Waals surface area contributed by atoms with Gasteiger partial charge in [0.15, 0.2) is 0 Å². The van der Waals surface area contributed by atoms with Crippen LogP contribution in [0.3, 0.4) is 0 Å². The van der Waals surface area contributed by atoms with E-state index in [0.29, 0.717) is 6.42 Å². The Labute approximate surface area is 140 Å². The summed E-state index contributed by atoms with van der Waals surface area (Å²) in [4.78, 5) is 11.5. The second-order valence-corrected chi connectivity index (χ2v) is 7.00. The molecule has 0 radical (unpaired) electrons. The first-order valence-corrected chi connectivity index (χ1v) is 10.0. The van der Waals surface area contributed by atoms with E-state index in [1.54, 1.807) is 0 Å². The van der Waals surface area contributed by atoms with Crippen LogP contribution in [0.1, 0.15) is 84.5 Å². The molecule has 1 atom stereocenters. The van der Waals surface area contributed by atoms with Gasteiger partial charge in [0.2, 0.25) is 0 Å². The fourth-order valence-electron chi connectivity index (χ4n) is 2.27. The lowest BCUT2D eigenvalue weighted by molar-refractivity contribution is -0.146. The number of hydrogen-bond acceptors (Lipinski definition) is 5. The van der Waals surface area contributed by atoms with Gasteiger partial charge in [-0.25, -0.2) is 4.18 Å². The molecule has 0 saturated carbocycles. The van der Waals surface area contributed by atoms with Crippen LogP contribution in [0.15, 0.2) is 0 Å². The molecular weight excluding hydrogens is 320 g/mol. The largest absolute Gasteiger partial charge is 0.463 e. The van der Waals surface area contributed by atoms with Gasteiger partial charge < -0.3 is 4.74 Å². The second kappa shape index (κ2) is 13.7. The standard InChI is InChI=1S/C16H32O6S/c1-3-4-5-6-7-8-9-10-11-12-13-16(17)21-14-15(2)22-23(18,19)20/h15H,3-14H2,1-2H3,(H,18,19,20). The van der Waals surface area contributed by atoms with Crippen LogP contribution in [0.5, 0.6) is 0 Å². The molecule has 1 N–H and O–H groups in total. The zero-order valence-corrected chi connectivity index (χ0v) is 15.3. The van der Waals surface area contributed by atoms with Gasteiger partial charge in [-0.05, 0) is 13.3 Å². The Bertz CT molecular complexity index is 393. The number of unbranched alkanes of at least 4 members (excludes halogenated alkanes) is 9. The lowest BCUT2D eigenvalue weighted by atomic mass is 10.1. The highest BCUT2D eigenvalue weighted by Gasteiger charge is 2.14. The monoisotopic (exact) mass is 352 g/mol. The molecule has 0 spiro atoms. The molecule has 7 heteroatoms. The SMILES string of the molecule is CCCCCCCCCCCCC(=O)OCC(C)OS(=O)(=O)O. The molecule has 0 aliphatic heterocycles. The zero-order chi connectivity index (χ0) is 17.6. The number of hydrogen-bond donors (Lipinski definition) is 1. The number of esters is 1. The van der Waals surface area contributed by atoms with Gasteiger partial charge in [-0.3, -0.25) is 9.35 Å². The van der Waals surface area contributed by atoms with E-state index >= 15 is 0 Å². The Morgan fingerprint density at radius 1 is 0.957 bits per heavy atom. The van der Waals surface area contributed by atoms with Crippen molar-refractivity contribution < 1.29 is 26.7 Å². The van der Waals surface area contributed by atoms with Crippen molar-refractivity contribution >= 4 is 16.4 Å². The average Bonchev–Trinajstić information content (AvgIpc) is 2.45. The molecule has 6 nitrogen and oxygen atoms in total. The van der Waals surface area contributed by atoms with Crippen molar-refractivity contribution in [1.82, 2.24) is 0 Å². The van der Waals surface area contributed by atoms with Crippen LogP contribution in [0, 0.1) is 0 Å². The third kappa shape index (κ3) is 17.5. The predicted molar refractivity (Wildman–Crippen MR) is 89.5 cm³/mol. The third-order valence-electron chi connectivity index (χ3n) is 3.50. The summed E-state index contributed by atoms with van der Waals surface area (Å²) in [6, 6.07) is 0. The van der Waals surface area contributed by atoms with Gasteiger partial charge >= 0.3 is 16.4 Å². The first kappa shape index (κ1) is 22.3. The normalized spacial score (nSPS) is 13.0. The van der Waals surface area contributed by atoms with Crippen LogP contribution in [-0.4, -0.2) is 31.7 Å². The van der Waals surface area contributed by atoms with E-state index in [1.165, 1.54) is 51.9 Å². The average molecular weight is 352 g/mol. The van der Waals surface area contributed by atoms with Crippen LogP contribution < -0.4 is 0 Å². The fraction of sp³-hybridized carbons (Fsp3) is 0.938. The molecule has 0 aromatic heterocycles. The van der Waals surface area contributed by atoms with E-state index in [1.807, 2.05) is 0 Å². The number of carbonyl (C=O) groups excluding carboxylic acids is 1. The van der Waals surface area contributed by atoms with Gasteiger partial charge in [0.25, 0.3) is 0 Å². The molecule has 0 aliphatic rings. The summed E-state index contributed by atoms with van der Waals surface area (Å²) in [5, 5.41) is 0. The molecule has 0 rings (SSSR count). The third-order valence-corrected chi connectivity index (χ3v) is 4.07. The Morgan fingerprint density at radius 2 is 1.43 bits per heavy atom. The lowest BCUT2D eigenvalue weighted by Gasteiger charge is -2.10. The lowest BCUT2D eigenvalue weighted by Crippen LogP contribution is -2.22. The van der Waals surface area contributed by atoms with E-state index in [-0.39, 0.29) is 12.6 Å². The maximum Gasteiger partial charge on any atom is 0.397 e. The van der Waals surface area contributed by atoms with Gasteiger partial charge in [-0.2, -0.15) is 8.42 Å². The molecule has 0 aliphatic carbocycles. The molecule has 0 aromatic rings. The summed E-state index contributed by atoms with van der Waals surface area (Å²) >= 11 is 0. The summed E-state index contributed by atoms with van der Waals surface area (Å²) in [7, 11) is -4.50. The summed E-state index contributed by atoms with van der Waals surface area (Å²) in [5.41, 5.74) is 0. The minimum Gasteiger partial charge on any atom is -0.463 e. The van der Waals surface area contributed by atoms with E-state index < -0.39 is 16.5 Å². The van der Waals surface area contributed by atoms with Crippen molar-refractivity contribution in [3.8, 4) is 0 Å². The van der Waals surface area contributed by atoms with Gasteiger partial charge in [0, 0.05) is 6.42 Å². The highest BCUT2D eigenvalue weighted by atomic mass is 32.3. The van der Waals surface area contributed by atoms with E-state index in [9.17, 15) is 13.2 Å². The van der Waals surface area contributed by atoms with E-state index in [0.717, 1.165) is 19.3 Å². The van der Waals surface area contributed by atoms with Crippen LogP contribution in [0.2, 0.25) is 0 Å². The summed E-state index contributed by atoms with van der Waals surface area (Å²) < 4.78 is 38.5. The van der Waals surface area contributed by atoms with E-state index in [2.05, 4.69) is 11.1 Å². The van der Waals surface area contributed by atoms with Crippen molar-refractivity contribution in [3.63, 3.8) is 0 Å². The highest BCUT2D eigenvalue weighted by Crippen LogP contribution is 2.11. The van der Waals surface area contributed by atoms with Crippen molar-refractivity contribution in [2.75, 3.05) is 6.61 Å². The smallest absolute Gasteiger partial charge is 0.397 e. The van der Waals surface area contributed by atoms with Gasteiger partial charge in [0.05, 0.1) is 0 Å². The minimum absolute atomic E-state index is 0.184. The van der Waals surface area contributed by atoms with Crippen LogP contribution >= 0.6 is 0 Å². The predicted octanol–water partition coefficient (Wildman–Crippen LogP) is 4.05. The van der Waals surface area contributed by atoms with Gasteiger partial charge in [0.1, 0.15) is 12.7 Å². The Hall–Kier alpha value is -0.660. The zero-order valence-electron chi connectivity index (χ0n) is 14.5. The molecule has 0 amide bonds. The Balaban J connectivity index is 3.40. The molecule has 0 bridgehead atoms. The summed E-state index contributed by atoms with van der Waals surface area (Å²) in [6.07, 6.45) is 11.4. The number of carbonyl (C=O) groups is 1. The topological polar surface area (TPSA) is 89.9 Å². The molecule has 1 unspecified atom stereocenters. The van der Waals surface area contributed by atoms with Crippen LogP contribution in [0.4, 0.5) is 0 Å². The van der Waals surface area contributed by atoms with Crippen LogP contribution in [0.25, 0.3) is 0 Å². The summed E-state index contributed by atoms with van der Waals surface area (Å²) in [6.45, 7) is 3.44. The Morgan fingerprint density at radius 3 is 1.91 bits per heavy atom. The van der Waals surface area contributed by atoms with Crippen molar-refractivity contribution in [2.24, 2.45) is 0 Å². The quantitative estimate of drug-likeness (QED) is 0.272. The second-order valence-electron chi connectivity index (χ2n) is 5.95. The van der Waals surface area contributed by atoms with E-state index in [4.69, 9.17) is 9.29 Å². The van der Waals surface area contributed by atoms with Gasteiger partial charge in [-0.1, -0.05) is 64.7 Å². The number of rotatable bonds is 15. The van der Waals surface area contributed by atoms with Crippen LogP contribution in [-0.2, 0) is 24.1 Å². The van der Waals surface area contributed by atoms with Crippen molar-refractivity contribution in [1.29, 1.82) is 0 Å². The maximum atomic E-state index is 11.5. The first-order chi connectivity index (χ1) is 10.8. The fourth-order valence-corrected chi connectivity index (χ4v) is 2.75. The Kier molecular flexibility index (Phi) is 13.4. The molecule has 0 heterocycles. The molecule has 0 aromatic carbocycles. The number of ether oxygens (including phenoxy) is 1. The van der Waals surface area contributed by atoms with Gasteiger partial charge in [-0.15, -0.1) is 0 Å². The minimum atomic E-state index is -4.50. The molecule has 23 heavy (non-hydrogen) atoms. The van der Waals surface area contributed by atoms with Crippen molar-refractivity contribution in [3.05, 3.63) is 0 Å². The van der Waals surface area contributed by atoms with Crippen molar-refractivity contribution in [2.45, 2.75) is 90.6 Å². The maximum absolute atomic E-state index is 11.5. The highest BCUT2D eigenvalue weighted by molar-refractivity contribution is 7.80. The first-order valence-electron chi connectivity index (χ1n) is 8.66. The molecule has 0 saturated heterocycles.